The zero-order chi connectivity index (χ0) is 44.9. The van der Waals surface area contributed by atoms with Crippen molar-refractivity contribution < 1.29 is 38.2 Å². The van der Waals surface area contributed by atoms with Crippen LogP contribution < -0.4 is 0 Å². The van der Waals surface area contributed by atoms with Crippen LogP contribution in [0.2, 0.25) is 0 Å². The Labute approximate surface area is 378 Å². The third-order valence-electron chi connectivity index (χ3n) is 12.5. The first-order valence-corrected chi connectivity index (χ1v) is 26.6. The van der Waals surface area contributed by atoms with Crippen molar-refractivity contribution in [2.45, 2.75) is 283 Å². The molecule has 8 nitrogen and oxygen atoms in total. The van der Waals surface area contributed by atoms with Gasteiger partial charge in [0.2, 0.25) is 0 Å². The van der Waals surface area contributed by atoms with Crippen molar-refractivity contribution in [3.05, 3.63) is 0 Å². The summed E-state index contributed by atoms with van der Waals surface area (Å²) < 4.78 is 17.4. The van der Waals surface area contributed by atoms with Gasteiger partial charge in [0.1, 0.15) is 6.61 Å². The standard InChI is InChI=1S/C53H103NO7/c1-6-8-10-12-14-16-18-20-22-23-24-25-26-27-28-29-30-32-33-35-37-39-41-43-51(55)60-48-49(47-59-46-45-50(53(57)58)54(3,4)5)61-52(56)44-42-40-38-36-34-31-21-19-17-15-13-11-9-7-2/h49-50H,6-48H2,1-5H3/p+1. The van der Waals surface area contributed by atoms with Crippen LogP contribution in [0.25, 0.3) is 0 Å². The van der Waals surface area contributed by atoms with Gasteiger partial charge in [-0.15, -0.1) is 0 Å². The van der Waals surface area contributed by atoms with Gasteiger partial charge < -0.3 is 23.8 Å². The highest BCUT2D eigenvalue weighted by atomic mass is 16.6. The molecule has 2 atom stereocenters. The van der Waals surface area contributed by atoms with Crippen LogP contribution in [0.3, 0.4) is 0 Å². The Morgan fingerprint density at radius 3 is 1.02 bits per heavy atom. The number of esters is 2. The Bertz CT molecular complexity index is 967. The van der Waals surface area contributed by atoms with Gasteiger partial charge >= 0.3 is 17.9 Å². The number of carbonyl (C=O) groups excluding carboxylic acids is 2. The molecule has 0 aromatic rings. The highest BCUT2D eigenvalue weighted by Gasteiger charge is 2.31. The van der Waals surface area contributed by atoms with E-state index < -0.39 is 18.1 Å². The molecule has 0 aliphatic rings. The van der Waals surface area contributed by atoms with E-state index in [1.807, 2.05) is 21.1 Å². The molecule has 362 valence electrons. The van der Waals surface area contributed by atoms with Gasteiger partial charge in [0.25, 0.3) is 0 Å². The zero-order valence-electron chi connectivity index (χ0n) is 41.4. The molecule has 8 heteroatoms. The van der Waals surface area contributed by atoms with Crippen LogP contribution in [0.1, 0.15) is 271 Å². The van der Waals surface area contributed by atoms with Crippen LogP contribution in [-0.4, -0.2) is 80.6 Å². The predicted molar refractivity (Wildman–Crippen MR) is 257 cm³/mol. The fourth-order valence-electron chi connectivity index (χ4n) is 8.39. The minimum atomic E-state index is -0.869. The van der Waals surface area contributed by atoms with Crippen molar-refractivity contribution in [1.82, 2.24) is 0 Å². The smallest absolute Gasteiger partial charge is 0.362 e. The number of quaternary nitrogens is 1. The van der Waals surface area contributed by atoms with E-state index in [1.54, 1.807) is 0 Å². The first kappa shape index (κ1) is 59.3. The van der Waals surface area contributed by atoms with Crippen molar-refractivity contribution in [3.63, 3.8) is 0 Å². The van der Waals surface area contributed by atoms with E-state index >= 15 is 0 Å². The van der Waals surface area contributed by atoms with Gasteiger partial charge in [-0.3, -0.25) is 9.59 Å². The molecule has 0 rings (SSSR count). The van der Waals surface area contributed by atoms with Crippen molar-refractivity contribution in [1.29, 1.82) is 0 Å². The van der Waals surface area contributed by atoms with E-state index in [4.69, 9.17) is 14.2 Å². The third-order valence-corrected chi connectivity index (χ3v) is 12.5. The summed E-state index contributed by atoms with van der Waals surface area (Å²) in [4.78, 5) is 37.1. The average molecular weight is 867 g/mol. The van der Waals surface area contributed by atoms with Gasteiger partial charge in [0.05, 0.1) is 34.4 Å². The van der Waals surface area contributed by atoms with Crippen LogP contribution in [0.5, 0.6) is 0 Å². The summed E-state index contributed by atoms with van der Waals surface area (Å²) in [5, 5.41) is 9.65. The molecule has 2 unspecified atom stereocenters. The number of nitrogens with zero attached hydrogens (tertiary/aromatic N) is 1. The molecule has 61 heavy (non-hydrogen) atoms. The first-order chi connectivity index (χ1) is 29.6. The quantitative estimate of drug-likeness (QED) is 0.0369. The second-order valence-corrected chi connectivity index (χ2v) is 19.5. The number of carboxylic acids is 1. The molecule has 0 fully saturated rings. The summed E-state index contributed by atoms with van der Waals surface area (Å²) >= 11 is 0. The number of ether oxygens (including phenoxy) is 3. The zero-order valence-corrected chi connectivity index (χ0v) is 41.4. The SMILES string of the molecule is CCCCCCCCCCCCCCCCCCCCCCCCCC(=O)OCC(COCCC(C(=O)O)[N+](C)(C)C)OC(=O)CCCCCCCCCCCCCCCC. The number of aliphatic carboxylic acids is 1. The average Bonchev–Trinajstić information content (AvgIpc) is 3.22. The summed E-state index contributed by atoms with van der Waals surface area (Å²) in [6, 6.07) is -0.609. The monoisotopic (exact) mass is 867 g/mol. The minimum absolute atomic E-state index is 0.0413. The fourth-order valence-corrected chi connectivity index (χ4v) is 8.39. The number of rotatable bonds is 49. The van der Waals surface area contributed by atoms with E-state index in [2.05, 4.69) is 13.8 Å². The van der Waals surface area contributed by atoms with Crippen molar-refractivity contribution >= 4 is 17.9 Å². The lowest BCUT2D eigenvalue weighted by atomic mass is 10.0. The maximum atomic E-state index is 12.8. The molecule has 0 spiro atoms. The molecule has 0 saturated heterocycles. The number of unbranched alkanes of at least 4 members (excludes halogenated alkanes) is 35. The topological polar surface area (TPSA) is 99.1 Å². The Kier molecular flexibility index (Phi) is 43.7. The number of carboxylic acid groups (broad SMARTS) is 1. The fraction of sp³-hybridized carbons (Fsp3) is 0.943. The Hall–Kier alpha value is -1.67. The Morgan fingerprint density at radius 2 is 0.721 bits per heavy atom. The number of carbonyl (C=O) groups is 3. The Balaban J connectivity index is 4.11. The van der Waals surface area contributed by atoms with E-state index in [0.29, 0.717) is 19.3 Å². The maximum Gasteiger partial charge on any atom is 0.362 e. The molecule has 0 radical (unpaired) electrons. The molecule has 1 N–H and O–H groups in total. The normalized spacial score (nSPS) is 12.7. The molecular weight excluding hydrogens is 763 g/mol. The summed E-state index contributed by atoms with van der Waals surface area (Å²) in [5.41, 5.74) is 0. The molecule has 0 heterocycles. The molecular formula is C53H104NO7+. The highest BCUT2D eigenvalue weighted by molar-refractivity contribution is 5.72. The van der Waals surface area contributed by atoms with Crippen molar-refractivity contribution in [2.24, 2.45) is 0 Å². The number of likely N-dealkylation sites (N-methyl/N-ethyl adjacent to an activating group) is 1. The van der Waals surface area contributed by atoms with Crippen LogP contribution >= 0.6 is 0 Å². The molecule has 0 aromatic heterocycles. The number of hydrogen-bond acceptors (Lipinski definition) is 6. The summed E-state index contributed by atoms with van der Waals surface area (Å²) in [5.74, 6) is -1.44. The van der Waals surface area contributed by atoms with Crippen LogP contribution in [-0.2, 0) is 28.6 Å². The lowest BCUT2D eigenvalue weighted by Gasteiger charge is -2.31. The molecule has 0 aromatic carbocycles. The van der Waals surface area contributed by atoms with Crippen LogP contribution in [0.15, 0.2) is 0 Å². The lowest BCUT2D eigenvalue weighted by Crippen LogP contribution is -2.50. The predicted octanol–water partition coefficient (Wildman–Crippen LogP) is 15.3. The largest absolute Gasteiger partial charge is 0.477 e. The van der Waals surface area contributed by atoms with Gasteiger partial charge in [0, 0.05) is 19.3 Å². The van der Waals surface area contributed by atoms with Crippen molar-refractivity contribution in [3.8, 4) is 0 Å². The summed E-state index contributed by atoms with van der Waals surface area (Å²) in [7, 11) is 5.55. The maximum absolute atomic E-state index is 12.8. The van der Waals surface area contributed by atoms with E-state index in [9.17, 15) is 19.5 Å². The van der Waals surface area contributed by atoms with E-state index in [-0.39, 0.29) is 36.2 Å². The van der Waals surface area contributed by atoms with Crippen LogP contribution in [0, 0.1) is 0 Å². The molecule has 0 saturated carbocycles. The molecule has 0 aliphatic carbocycles. The van der Waals surface area contributed by atoms with E-state index in [0.717, 1.165) is 38.5 Å². The van der Waals surface area contributed by atoms with Crippen molar-refractivity contribution in [2.75, 3.05) is 41.0 Å². The molecule has 0 aliphatic heterocycles. The lowest BCUT2D eigenvalue weighted by molar-refractivity contribution is -0.887. The van der Waals surface area contributed by atoms with Crippen LogP contribution in [0.4, 0.5) is 0 Å². The first-order valence-electron chi connectivity index (χ1n) is 26.6. The van der Waals surface area contributed by atoms with Gasteiger partial charge in [-0.05, 0) is 12.8 Å². The minimum Gasteiger partial charge on any atom is -0.477 e. The summed E-state index contributed by atoms with van der Waals surface area (Å²) in [6.45, 7) is 4.80. The summed E-state index contributed by atoms with van der Waals surface area (Å²) in [6.07, 6.45) is 48.7. The second-order valence-electron chi connectivity index (χ2n) is 19.5. The third kappa shape index (κ3) is 43.4. The van der Waals surface area contributed by atoms with Gasteiger partial charge in [-0.2, -0.15) is 0 Å². The van der Waals surface area contributed by atoms with Gasteiger partial charge in [0.15, 0.2) is 12.1 Å². The number of hydrogen-bond donors (Lipinski definition) is 1. The molecule has 0 amide bonds. The second kappa shape index (κ2) is 44.9. The van der Waals surface area contributed by atoms with Gasteiger partial charge in [-0.25, -0.2) is 4.79 Å². The van der Waals surface area contributed by atoms with Gasteiger partial charge in [-0.1, -0.05) is 239 Å². The highest BCUT2D eigenvalue weighted by Crippen LogP contribution is 2.17. The van der Waals surface area contributed by atoms with E-state index in [1.165, 1.54) is 199 Å². The Morgan fingerprint density at radius 1 is 0.426 bits per heavy atom. The molecule has 0 bridgehead atoms.